The van der Waals surface area contributed by atoms with Crippen LogP contribution in [0, 0.1) is 0 Å². The highest BCUT2D eigenvalue weighted by Gasteiger charge is 2.39. The number of hydrogen-bond donors (Lipinski definition) is 3. The fraction of sp³-hybridized carbons (Fsp3) is 0.298. The second-order valence-corrected chi connectivity index (χ2v) is 15.6. The number of imidazole rings is 2. The number of amides is 3. The monoisotopic (exact) mass is 789 g/mol. The van der Waals surface area contributed by atoms with Crippen molar-refractivity contribution in [1.82, 2.24) is 35.1 Å². The number of aromatic nitrogens is 4. The summed E-state index contributed by atoms with van der Waals surface area (Å²) in [7, 11) is 2.78. The fourth-order valence-corrected chi connectivity index (χ4v) is 8.83. The van der Waals surface area contributed by atoms with E-state index in [-0.39, 0.29) is 23.9 Å². The van der Waals surface area contributed by atoms with Gasteiger partial charge in [-0.3, -0.25) is 9.59 Å². The highest BCUT2D eigenvalue weighted by Crippen LogP contribution is 2.37. The molecule has 3 amide bonds. The third-order valence-corrected chi connectivity index (χ3v) is 12.1. The van der Waals surface area contributed by atoms with Gasteiger partial charge in [-0.05, 0) is 89.7 Å². The van der Waals surface area contributed by atoms with E-state index < -0.39 is 18.2 Å². The number of nitrogens with zero attached hydrogens (tertiary/aromatic N) is 4. The normalized spacial score (nSPS) is 17.8. The van der Waals surface area contributed by atoms with Gasteiger partial charge in [-0.2, -0.15) is 0 Å². The molecule has 0 spiro atoms. The molecule has 9 rings (SSSR count). The highest BCUT2D eigenvalue weighted by molar-refractivity contribution is 6.05. The molecule has 0 bridgehead atoms. The average molecular weight is 790 g/mol. The van der Waals surface area contributed by atoms with Crippen molar-refractivity contribution < 1.29 is 23.9 Å². The molecular weight excluding hydrogens is 743 g/mol. The van der Waals surface area contributed by atoms with Crippen LogP contribution in [0.15, 0.2) is 103 Å². The summed E-state index contributed by atoms with van der Waals surface area (Å²) in [6.07, 6.45) is 4.47. The van der Waals surface area contributed by atoms with Gasteiger partial charge in [0.05, 0.1) is 54.6 Å². The van der Waals surface area contributed by atoms with E-state index in [0.717, 1.165) is 104 Å². The summed E-state index contributed by atoms with van der Waals surface area (Å²) in [6.45, 7) is 3.05. The first-order valence-corrected chi connectivity index (χ1v) is 20.3. The van der Waals surface area contributed by atoms with Gasteiger partial charge in [0, 0.05) is 31.1 Å². The van der Waals surface area contributed by atoms with Crippen molar-refractivity contribution in [2.24, 2.45) is 0 Å². The van der Waals surface area contributed by atoms with E-state index >= 15 is 0 Å². The standard InChI is InChI=1S/C47H47N7O5/c1-28(58-2)42(52-47(57)59-3)46(56)54-22-8-12-40(54)45-49-37-20-18-34-25-33(17-19-36(34)43(37)51-45)30-13-14-32-26-35(16-15-31(32)24-30)38-27-48-44(50-38)39-11-7-21-53(39)41(55)23-29-9-5-4-6-10-29/h4-6,9-10,13-20,24-28,39-40,42H,7-8,11-12,21-23H2,1-3H3,(H,48,50)(H,49,51)(H,52,57)/t28-,39+,40+,42+/m1/s1. The van der Waals surface area contributed by atoms with Gasteiger partial charge in [-0.1, -0.05) is 72.8 Å². The van der Waals surface area contributed by atoms with Gasteiger partial charge in [-0.15, -0.1) is 0 Å². The fourth-order valence-electron chi connectivity index (χ4n) is 8.83. The lowest BCUT2D eigenvalue weighted by molar-refractivity contribution is -0.137. The largest absolute Gasteiger partial charge is 0.453 e. The molecule has 4 heterocycles. The van der Waals surface area contributed by atoms with E-state index in [1.807, 2.05) is 47.5 Å². The third kappa shape index (κ3) is 7.40. The molecule has 2 aromatic heterocycles. The lowest BCUT2D eigenvalue weighted by Gasteiger charge is -2.30. The molecule has 5 aromatic carbocycles. The van der Waals surface area contributed by atoms with Gasteiger partial charge in [0.25, 0.3) is 0 Å². The van der Waals surface area contributed by atoms with Gasteiger partial charge in [0.2, 0.25) is 11.8 Å². The van der Waals surface area contributed by atoms with E-state index in [1.54, 1.807) is 11.8 Å². The number of aromatic amines is 2. The van der Waals surface area contributed by atoms with Crippen molar-refractivity contribution in [2.75, 3.05) is 27.3 Å². The minimum atomic E-state index is -0.892. The van der Waals surface area contributed by atoms with Crippen molar-refractivity contribution in [3.05, 3.63) is 120 Å². The number of rotatable bonds is 10. The molecule has 12 nitrogen and oxygen atoms in total. The molecule has 0 radical (unpaired) electrons. The van der Waals surface area contributed by atoms with Crippen LogP contribution in [0.2, 0.25) is 0 Å². The van der Waals surface area contributed by atoms with Crippen LogP contribution in [-0.2, 0) is 25.5 Å². The van der Waals surface area contributed by atoms with Crippen LogP contribution in [-0.4, -0.2) is 87.1 Å². The van der Waals surface area contributed by atoms with Crippen molar-refractivity contribution in [3.8, 4) is 22.4 Å². The molecule has 0 unspecified atom stereocenters. The Hall–Kier alpha value is -6.53. The van der Waals surface area contributed by atoms with Crippen LogP contribution >= 0.6 is 0 Å². The predicted molar refractivity (Wildman–Crippen MR) is 227 cm³/mol. The average Bonchev–Trinajstić information content (AvgIpc) is 4.11. The molecule has 12 heteroatoms. The molecule has 2 fully saturated rings. The Morgan fingerprint density at radius 3 is 2.19 bits per heavy atom. The zero-order valence-electron chi connectivity index (χ0n) is 33.4. The summed E-state index contributed by atoms with van der Waals surface area (Å²) >= 11 is 0. The van der Waals surface area contributed by atoms with Crippen molar-refractivity contribution in [3.63, 3.8) is 0 Å². The Bertz CT molecular complexity index is 2690. The lowest BCUT2D eigenvalue weighted by atomic mass is 9.97. The Morgan fingerprint density at radius 2 is 1.44 bits per heavy atom. The maximum Gasteiger partial charge on any atom is 0.407 e. The number of methoxy groups -OCH3 is 2. The Balaban J connectivity index is 0.925. The lowest BCUT2D eigenvalue weighted by Crippen LogP contribution is -2.54. The van der Waals surface area contributed by atoms with E-state index in [0.29, 0.717) is 13.0 Å². The van der Waals surface area contributed by atoms with E-state index in [9.17, 15) is 14.4 Å². The SMILES string of the molecule is COC(=O)N[C@H](C(=O)N1CCC[C@H]1c1nc2ccc3cc(-c4ccc5cc(-c6cnc([C@@H]7CCCN7C(=O)Cc7ccccc7)[nH]6)ccc5c4)ccc3c2[nH]1)[C@@H](C)OC. The van der Waals surface area contributed by atoms with E-state index in [4.69, 9.17) is 19.4 Å². The quantitative estimate of drug-likeness (QED) is 0.127. The van der Waals surface area contributed by atoms with Crippen LogP contribution in [0.4, 0.5) is 4.79 Å². The topological polar surface area (TPSA) is 146 Å². The van der Waals surface area contributed by atoms with Crippen LogP contribution in [0.3, 0.4) is 0 Å². The Morgan fingerprint density at radius 1 is 0.780 bits per heavy atom. The summed E-state index contributed by atoms with van der Waals surface area (Å²) in [6, 6.07) is 32.3. The number of H-pyrrole nitrogens is 2. The molecule has 0 saturated carbocycles. The molecule has 4 atom stereocenters. The van der Waals surface area contributed by atoms with Crippen LogP contribution < -0.4 is 5.32 Å². The van der Waals surface area contributed by atoms with Crippen LogP contribution in [0.25, 0.3) is 55.0 Å². The minimum Gasteiger partial charge on any atom is -0.453 e. The minimum absolute atomic E-state index is 0.0498. The van der Waals surface area contributed by atoms with E-state index in [1.165, 1.54) is 14.2 Å². The Labute approximate surface area is 341 Å². The summed E-state index contributed by atoms with van der Waals surface area (Å²) in [5, 5.41) is 7.03. The number of nitrogens with one attached hydrogen (secondary N) is 3. The first kappa shape index (κ1) is 38.0. The molecular formula is C47H47N7O5. The molecule has 2 aliphatic heterocycles. The number of benzene rings is 5. The maximum absolute atomic E-state index is 13.8. The number of fused-ring (bicyclic) bond motifs is 4. The molecule has 3 N–H and O–H groups in total. The number of carbonyl (C=O) groups is 3. The van der Waals surface area contributed by atoms with Gasteiger partial charge in [-0.25, -0.2) is 14.8 Å². The zero-order valence-corrected chi connectivity index (χ0v) is 33.4. The molecule has 0 aliphatic carbocycles. The summed E-state index contributed by atoms with van der Waals surface area (Å²) in [5.74, 6) is 1.46. The first-order chi connectivity index (χ1) is 28.8. The number of likely N-dealkylation sites (tertiary alicyclic amines) is 2. The highest BCUT2D eigenvalue weighted by atomic mass is 16.5. The Kier molecular flexibility index (Phi) is 10.3. The maximum atomic E-state index is 13.8. The smallest absolute Gasteiger partial charge is 0.407 e. The van der Waals surface area contributed by atoms with Gasteiger partial charge < -0.3 is 34.6 Å². The van der Waals surface area contributed by atoms with Gasteiger partial charge in [0.1, 0.15) is 17.7 Å². The van der Waals surface area contributed by atoms with E-state index in [2.05, 4.69) is 75.9 Å². The number of ether oxygens (including phenoxy) is 2. The van der Waals surface area contributed by atoms with Crippen LogP contribution in [0.1, 0.15) is 61.9 Å². The zero-order chi connectivity index (χ0) is 40.6. The summed E-state index contributed by atoms with van der Waals surface area (Å²) < 4.78 is 10.2. The molecule has 59 heavy (non-hydrogen) atoms. The van der Waals surface area contributed by atoms with Gasteiger partial charge >= 0.3 is 6.09 Å². The van der Waals surface area contributed by atoms with Crippen molar-refractivity contribution >= 4 is 50.5 Å². The number of carbonyl (C=O) groups excluding carboxylic acids is 3. The van der Waals surface area contributed by atoms with Crippen LogP contribution in [0.5, 0.6) is 0 Å². The summed E-state index contributed by atoms with van der Waals surface area (Å²) in [4.78, 5) is 59.7. The molecule has 300 valence electrons. The second-order valence-electron chi connectivity index (χ2n) is 15.6. The first-order valence-electron chi connectivity index (χ1n) is 20.3. The third-order valence-electron chi connectivity index (χ3n) is 12.1. The van der Waals surface area contributed by atoms with Gasteiger partial charge in [0.15, 0.2) is 0 Å². The van der Waals surface area contributed by atoms with Crippen molar-refractivity contribution in [2.45, 2.75) is 63.3 Å². The predicted octanol–water partition coefficient (Wildman–Crippen LogP) is 8.26. The second kappa shape index (κ2) is 16.0. The molecule has 7 aromatic rings. The summed E-state index contributed by atoms with van der Waals surface area (Å²) in [5.41, 5.74) is 6.98. The van der Waals surface area contributed by atoms with Crippen molar-refractivity contribution in [1.29, 1.82) is 0 Å². The number of hydrogen-bond acceptors (Lipinski definition) is 7. The molecule has 2 saturated heterocycles. The number of alkyl carbamates (subject to hydrolysis) is 1. The molecule has 2 aliphatic rings.